The molecule has 0 bridgehead atoms. The Bertz CT molecular complexity index is 1260. The average molecular weight is 687 g/mol. The summed E-state index contributed by atoms with van der Waals surface area (Å²) < 4.78 is 24.6. The number of carbonyl (C=O) groups is 2. The van der Waals surface area contributed by atoms with E-state index in [2.05, 4.69) is 60.7 Å². The summed E-state index contributed by atoms with van der Waals surface area (Å²) >= 11 is 0. The van der Waals surface area contributed by atoms with Gasteiger partial charge in [-0.05, 0) is 110 Å². The third-order valence-corrected chi connectivity index (χ3v) is 16.1. The number of likely N-dealkylation sites (tertiary alicyclic amines) is 1. The lowest BCUT2D eigenvalue weighted by atomic mass is 9.52. The molecule has 3 heterocycles. The van der Waals surface area contributed by atoms with E-state index < -0.39 is 6.10 Å². The van der Waals surface area contributed by atoms with Gasteiger partial charge in [-0.1, -0.05) is 61.8 Å². The lowest BCUT2D eigenvalue weighted by Crippen LogP contribution is -2.53. The van der Waals surface area contributed by atoms with Crippen LogP contribution in [0.25, 0.3) is 0 Å². The number of alkyl carbamates (subject to hydrolysis) is 1. The SMILES string of the molecule is CC(C)[C@@H](OC(=O)N1CCC1)C1C[C@@H](C)[C@H]2C(O1)[C@H](O)C(C)(C)[C@]2(C)CC[C@]12CCC[C@H]3C(C)(C)[C@@H](OC(=O)N[C@H]4CCOC4)CC[C@@]31C2. The van der Waals surface area contributed by atoms with E-state index >= 15 is 0 Å². The Labute approximate surface area is 295 Å². The molecule has 4 aliphatic carbocycles. The number of nitrogens with one attached hydrogen (secondary N) is 1. The van der Waals surface area contributed by atoms with Crippen molar-refractivity contribution in [2.24, 2.45) is 50.7 Å². The first-order valence-electron chi connectivity index (χ1n) is 19.9. The molecule has 1 spiro atoms. The maximum Gasteiger partial charge on any atom is 0.410 e. The molecule has 2 N–H and O–H groups in total. The zero-order valence-corrected chi connectivity index (χ0v) is 31.7. The molecule has 9 nitrogen and oxygen atoms in total. The molecule has 3 aliphatic heterocycles. The highest BCUT2D eigenvalue weighted by atomic mass is 16.6. The number of fused-ring (bicyclic) bond motifs is 1. The summed E-state index contributed by atoms with van der Waals surface area (Å²) in [7, 11) is 0. The molecule has 0 aromatic carbocycles. The number of nitrogens with zero attached hydrogens (tertiary/aromatic N) is 1. The van der Waals surface area contributed by atoms with Crippen LogP contribution in [0, 0.1) is 50.7 Å². The molecule has 0 aromatic rings. The molecular formula is C40H66N2O7. The first-order valence-corrected chi connectivity index (χ1v) is 19.9. The van der Waals surface area contributed by atoms with Crippen molar-refractivity contribution in [3.63, 3.8) is 0 Å². The lowest BCUT2D eigenvalue weighted by molar-refractivity contribution is -0.180. The fourth-order valence-electron chi connectivity index (χ4n) is 12.7. The van der Waals surface area contributed by atoms with Crippen LogP contribution in [-0.4, -0.2) is 85.1 Å². The molecule has 3 saturated heterocycles. The van der Waals surface area contributed by atoms with Gasteiger partial charge in [-0.15, -0.1) is 0 Å². The Hall–Kier alpha value is -1.58. The highest BCUT2D eigenvalue weighted by molar-refractivity contribution is 5.69. The second kappa shape index (κ2) is 12.5. The van der Waals surface area contributed by atoms with Crippen LogP contribution >= 0.6 is 0 Å². The topological polar surface area (TPSA) is 107 Å². The zero-order valence-electron chi connectivity index (χ0n) is 31.7. The molecule has 7 fully saturated rings. The molecule has 49 heavy (non-hydrogen) atoms. The molecule has 2 unspecified atom stereocenters. The van der Waals surface area contributed by atoms with Gasteiger partial charge in [0.2, 0.25) is 0 Å². The van der Waals surface area contributed by atoms with Gasteiger partial charge in [0.15, 0.2) is 0 Å². The monoisotopic (exact) mass is 686 g/mol. The van der Waals surface area contributed by atoms with Crippen molar-refractivity contribution >= 4 is 12.2 Å². The van der Waals surface area contributed by atoms with Crippen molar-refractivity contribution in [3.05, 3.63) is 0 Å². The molecule has 2 amide bonds. The van der Waals surface area contributed by atoms with Crippen molar-refractivity contribution in [2.75, 3.05) is 26.3 Å². The van der Waals surface area contributed by atoms with Crippen LogP contribution in [0.1, 0.15) is 126 Å². The van der Waals surface area contributed by atoms with Crippen molar-refractivity contribution < 1.29 is 33.6 Å². The normalized spacial score (nSPS) is 45.4. The number of amides is 2. The maximum absolute atomic E-state index is 12.9. The van der Waals surface area contributed by atoms with Gasteiger partial charge in [0.25, 0.3) is 0 Å². The Morgan fingerprint density at radius 2 is 1.78 bits per heavy atom. The van der Waals surface area contributed by atoms with E-state index in [0.717, 1.165) is 51.6 Å². The Morgan fingerprint density at radius 3 is 2.43 bits per heavy atom. The predicted octanol–water partition coefficient (Wildman–Crippen LogP) is 7.33. The number of aliphatic hydroxyl groups excluding tert-OH is 1. The van der Waals surface area contributed by atoms with Crippen molar-refractivity contribution in [1.82, 2.24) is 10.2 Å². The number of hydrogen-bond acceptors (Lipinski definition) is 7. The largest absolute Gasteiger partial charge is 0.446 e. The van der Waals surface area contributed by atoms with Crippen LogP contribution in [0.3, 0.4) is 0 Å². The van der Waals surface area contributed by atoms with Crippen LogP contribution in [0.4, 0.5) is 9.59 Å². The molecule has 7 rings (SSSR count). The first-order chi connectivity index (χ1) is 23.1. The van der Waals surface area contributed by atoms with Gasteiger partial charge in [0.1, 0.15) is 12.2 Å². The number of hydrogen-bond donors (Lipinski definition) is 2. The van der Waals surface area contributed by atoms with E-state index in [1.165, 1.54) is 32.1 Å². The summed E-state index contributed by atoms with van der Waals surface area (Å²) in [6, 6.07) is 0.0584. The van der Waals surface area contributed by atoms with E-state index in [0.29, 0.717) is 35.9 Å². The van der Waals surface area contributed by atoms with Gasteiger partial charge in [-0.25, -0.2) is 9.59 Å². The maximum atomic E-state index is 12.9. The molecule has 12 atom stereocenters. The fraction of sp³-hybridized carbons (Fsp3) is 0.950. The highest BCUT2D eigenvalue weighted by Crippen LogP contribution is 2.82. The fourth-order valence-corrected chi connectivity index (χ4v) is 12.7. The molecule has 0 aromatic heterocycles. The van der Waals surface area contributed by atoms with Crippen LogP contribution in [0.5, 0.6) is 0 Å². The summed E-state index contributed by atoms with van der Waals surface area (Å²) in [5.74, 6) is 1.25. The Kier molecular flexibility index (Phi) is 9.16. The molecule has 4 saturated carbocycles. The van der Waals surface area contributed by atoms with Crippen LogP contribution in [-0.2, 0) is 18.9 Å². The van der Waals surface area contributed by atoms with E-state index in [9.17, 15) is 14.7 Å². The summed E-state index contributed by atoms with van der Waals surface area (Å²) in [4.78, 5) is 27.6. The minimum absolute atomic E-state index is 0.0584. The van der Waals surface area contributed by atoms with Gasteiger partial charge in [-0.3, -0.25) is 0 Å². The van der Waals surface area contributed by atoms with Crippen molar-refractivity contribution in [2.45, 2.75) is 163 Å². The van der Waals surface area contributed by atoms with Crippen LogP contribution < -0.4 is 5.32 Å². The smallest absolute Gasteiger partial charge is 0.410 e. The van der Waals surface area contributed by atoms with Crippen molar-refractivity contribution in [3.8, 4) is 0 Å². The lowest BCUT2D eigenvalue weighted by Gasteiger charge is -2.54. The summed E-state index contributed by atoms with van der Waals surface area (Å²) in [6.07, 6.45) is 10.1. The van der Waals surface area contributed by atoms with E-state index in [4.69, 9.17) is 18.9 Å². The van der Waals surface area contributed by atoms with E-state index in [1.54, 1.807) is 4.90 Å². The third-order valence-electron chi connectivity index (χ3n) is 16.1. The second-order valence-electron chi connectivity index (χ2n) is 19.4. The predicted molar refractivity (Wildman–Crippen MR) is 187 cm³/mol. The Morgan fingerprint density at radius 1 is 1.02 bits per heavy atom. The summed E-state index contributed by atoms with van der Waals surface area (Å²) in [5, 5.41) is 15.1. The van der Waals surface area contributed by atoms with Crippen LogP contribution in [0.15, 0.2) is 0 Å². The van der Waals surface area contributed by atoms with Gasteiger partial charge in [-0.2, -0.15) is 0 Å². The Balaban J connectivity index is 1.04. The third kappa shape index (κ3) is 5.64. The van der Waals surface area contributed by atoms with Gasteiger partial charge < -0.3 is 34.3 Å². The average Bonchev–Trinajstić information content (AvgIpc) is 3.32. The molecule has 278 valence electrons. The number of aliphatic hydroxyl groups is 1. The number of rotatable bonds is 8. The van der Waals surface area contributed by atoms with Gasteiger partial charge >= 0.3 is 12.2 Å². The highest BCUT2D eigenvalue weighted by Gasteiger charge is 2.75. The minimum atomic E-state index is -0.579. The minimum Gasteiger partial charge on any atom is -0.446 e. The number of carbonyl (C=O) groups excluding carboxylic acids is 2. The van der Waals surface area contributed by atoms with Gasteiger partial charge in [0.05, 0.1) is 31.0 Å². The second-order valence-corrected chi connectivity index (χ2v) is 19.4. The molecular weight excluding hydrogens is 620 g/mol. The molecule has 0 radical (unpaired) electrons. The van der Waals surface area contributed by atoms with Gasteiger partial charge in [0, 0.05) is 25.1 Å². The zero-order chi connectivity index (χ0) is 35.1. The van der Waals surface area contributed by atoms with E-state index in [-0.39, 0.29) is 70.7 Å². The number of ether oxygens (including phenoxy) is 4. The molecule has 7 aliphatic rings. The van der Waals surface area contributed by atoms with Crippen LogP contribution in [0.2, 0.25) is 0 Å². The quantitative estimate of drug-likeness (QED) is 0.275. The summed E-state index contributed by atoms with van der Waals surface area (Å²) in [5.41, 5.74) is 0.175. The summed E-state index contributed by atoms with van der Waals surface area (Å²) in [6.45, 7) is 21.1. The first kappa shape index (κ1) is 35.8. The standard InChI is InChI=1S/C40H66N2O7/c1-24(2)31(49-35(45)42-18-10-19-42)27-21-25(3)30-32(47-27)33(43)37(6,7)38(30,8)16-17-39-14-9-11-28-36(4,5)29(12-15-40(28,39)23-39)48-34(44)41-26-13-20-46-22-26/h24-33,43H,9-23H2,1-8H3,(H,41,44)/t25-,26+,27?,28+,29+,30+,31-,32?,33+,38-,39+,40-/m1/s1. The van der Waals surface area contributed by atoms with Crippen molar-refractivity contribution in [1.29, 1.82) is 0 Å². The van der Waals surface area contributed by atoms with E-state index in [1.807, 2.05) is 0 Å². The molecule has 9 heteroatoms.